The number of hydrogen-bond donors (Lipinski definition) is 3. The number of carbonyl (C=O) groups excluding carboxylic acids is 3. The van der Waals surface area contributed by atoms with Crippen molar-refractivity contribution in [1.82, 2.24) is 20.9 Å². The number of thiophene rings is 1. The molecule has 27 heavy (non-hydrogen) atoms. The van der Waals surface area contributed by atoms with Crippen LogP contribution < -0.4 is 16.0 Å². The van der Waals surface area contributed by atoms with Gasteiger partial charge in [-0.15, -0.1) is 11.3 Å². The number of piperidine rings is 1. The Morgan fingerprint density at radius 1 is 1.22 bits per heavy atom. The van der Waals surface area contributed by atoms with E-state index in [-0.39, 0.29) is 29.8 Å². The lowest BCUT2D eigenvalue weighted by Gasteiger charge is -2.36. The molecule has 1 aliphatic rings. The third-order valence-electron chi connectivity index (χ3n) is 4.57. The summed E-state index contributed by atoms with van der Waals surface area (Å²) in [5.74, 6) is -0.359. The molecule has 1 unspecified atom stereocenters. The molecule has 8 heteroatoms. The van der Waals surface area contributed by atoms with Gasteiger partial charge in [0.1, 0.15) is 6.04 Å². The van der Waals surface area contributed by atoms with Gasteiger partial charge >= 0.3 is 6.03 Å². The maximum atomic E-state index is 12.7. The molecule has 1 atom stereocenters. The summed E-state index contributed by atoms with van der Waals surface area (Å²) >= 11 is 1.35. The van der Waals surface area contributed by atoms with Gasteiger partial charge < -0.3 is 20.9 Å². The van der Waals surface area contributed by atoms with E-state index >= 15 is 0 Å². The summed E-state index contributed by atoms with van der Waals surface area (Å²) in [5.41, 5.74) is 0. The quantitative estimate of drug-likeness (QED) is 0.662. The van der Waals surface area contributed by atoms with E-state index in [1.807, 2.05) is 32.2 Å². The lowest BCUT2D eigenvalue weighted by molar-refractivity contribution is -0.124. The molecule has 0 saturated carbocycles. The second kappa shape index (κ2) is 10.3. The van der Waals surface area contributed by atoms with Gasteiger partial charge in [-0.05, 0) is 50.5 Å². The minimum Gasteiger partial charge on any atom is -0.354 e. The third kappa shape index (κ3) is 6.23. The van der Waals surface area contributed by atoms with Crippen LogP contribution in [-0.4, -0.2) is 54.5 Å². The van der Waals surface area contributed by atoms with Crippen LogP contribution in [-0.2, 0) is 4.79 Å². The number of urea groups is 1. The monoisotopic (exact) mass is 394 g/mol. The first kappa shape index (κ1) is 21.2. The summed E-state index contributed by atoms with van der Waals surface area (Å²) in [6.45, 7) is 7.59. The zero-order valence-electron chi connectivity index (χ0n) is 16.3. The molecule has 4 amide bonds. The Morgan fingerprint density at radius 2 is 1.93 bits per heavy atom. The fourth-order valence-corrected chi connectivity index (χ4v) is 3.78. The summed E-state index contributed by atoms with van der Waals surface area (Å²) in [6, 6.07) is 3.00. The van der Waals surface area contributed by atoms with Crippen molar-refractivity contribution in [2.24, 2.45) is 5.92 Å². The van der Waals surface area contributed by atoms with Gasteiger partial charge in [0.25, 0.3) is 5.91 Å². The van der Waals surface area contributed by atoms with Crippen LogP contribution in [0.25, 0.3) is 0 Å². The zero-order valence-corrected chi connectivity index (χ0v) is 17.1. The number of hydrogen-bond acceptors (Lipinski definition) is 4. The highest BCUT2D eigenvalue weighted by molar-refractivity contribution is 7.12. The molecule has 1 aromatic rings. The van der Waals surface area contributed by atoms with Gasteiger partial charge in [-0.25, -0.2) is 4.79 Å². The predicted molar refractivity (Wildman–Crippen MR) is 107 cm³/mol. The smallest absolute Gasteiger partial charge is 0.317 e. The summed E-state index contributed by atoms with van der Waals surface area (Å²) in [4.78, 5) is 39.7. The van der Waals surface area contributed by atoms with Crippen LogP contribution >= 0.6 is 11.3 Å². The van der Waals surface area contributed by atoms with E-state index in [1.165, 1.54) is 11.3 Å². The van der Waals surface area contributed by atoms with Gasteiger partial charge in [0, 0.05) is 25.7 Å². The average Bonchev–Trinajstić information content (AvgIpc) is 3.18. The van der Waals surface area contributed by atoms with E-state index in [9.17, 15) is 14.4 Å². The van der Waals surface area contributed by atoms with E-state index in [0.717, 1.165) is 6.42 Å². The van der Waals surface area contributed by atoms with Crippen molar-refractivity contribution in [1.29, 1.82) is 0 Å². The number of nitrogens with one attached hydrogen (secondary N) is 3. The summed E-state index contributed by atoms with van der Waals surface area (Å²) in [5, 5.41) is 10.5. The van der Waals surface area contributed by atoms with Crippen molar-refractivity contribution in [3.05, 3.63) is 22.4 Å². The Balaban J connectivity index is 2.00. The lowest BCUT2D eigenvalue weighted by atomic mass is 9.88. The average molecular weight is 395 g/mol. The Hall–Kier alpha value is -2.09. The first-order valence-corrected chi connectivity index (χ1v) is 10.5. The first-order chi connectivity index (χ1) is 12.9. The van der Waals surface area contributed by atoms with Gasteiger partial charge in [-0.2, -0.15) is 0 Å². The largest absolute Gasteiger partial charge is 0.354 e. The van der Waals surface area contributed by atoms with E-state index in [0.29, 0.717) is 37.4 Å². The topological polar surface area (TPSA) is 90.5 Å². The van der Waals surface area contributed by atoms with Crippen LogP contribution in [0.2, 0.25) is 0 Å². The highest BCUT2D eigenvalue weighted by Crippen LogP contribution is 2.22. The van der Waals surface area contributed by atoms with Crippen molar-refractivity contribution in [2.45, 2.75) is 52.1 Å². The molecule has 1 saturated heterocycles. The molecule has 0 spiro atoms. The molecule has 7 nitrogen and oxygen atoms in total. The highest BCUT2D eigenvalue weighted by Gasteiger charge is 2.34. The summed E-state index contributed by atoms with van der Waals surface area (Å²) in [7, 11) is 0. The highest BCUT2D eigenvalue weighted by atomic mass is 32.1. The fourth-order valence-electron chi connectivity index (χ4n) is 3.15. The van der Waals surface area contributed by atoms with Gasteiger partial charge in [-0.1, -0.05) is 13.0 Å². The number of nitrogens with zero attached hydrogens (tertiary/aromatic N) is 1. The Kier molecular flexibility index (Phi) is 8.09. The molecular weight excluding hydrogens is 364 g/mol. The van der Waals surface area contributed by atoms with Crippen LogP contribution in [0.15, 0.2) is 17.5 Å². The van der Waals surface area contributed by atoms with Crippen LogP contribution in [0.4, 0.5) is 4.79 Å². The molecule has 3 N–H and O–H groups in total. The maximum absolute atomic E-state index is 12.7. The van der Waals surface area contributed by atoms with E-state index < -0.39 is 6.04 Å². The minimum absolute atomic E-state index is 0.00821. The second-order valence-corrected chi connectivity index (χ2v) is 8.10. The van der Waals surface area contributed by atoms with E-state index in [2.05, 4.69) is 16.0 Å². The SMILES string of the molecule is CCCNC(=O)C(NC(=O)c1cccs1)C1CCN(C(=O)NC(C)C)CC1. The normalized spacial score (nSPS) is 16.1. The van der Waals surface area contributed by atoms with Crippen LogP contribution in [0.3, 0.4) is 0 Å². The second-order valence-electron chi connectivity index (χ2n) is 7.15. The maximum Gasteiger partial charge on any atom is 0.317 e. The summed E-state index contributed by atoms with van der Waals surface area (Å²) < 4.78 is 0. The number of rotatable bonds is 7. The Morgan fingerprint density at radius 3 is 2.48 bits per heavy atom. The molecule has 0 aromatic carbocycles. The van der Waals surface area contributed by atoms with Gasteiger partial charge in [0.05, 0.1) is 4.88 Å². The predicted octanol–water partition coefficient (Wildman–Crippen LogP) is 2.20. The molecule has 1 aromatic heterocycles. The summed E-state index contributed by atoms with van der Waals surface area (Å²) in [6.07, 6.45) is 2.20. The van der Waals surface area contributed by atoms with E-state index in [4.69, 9.17) is 0 Å². The molecule has 0 aliphatic carbocycles. The number of likely N-dealkylation sites (tertiary alicyclic amines) is 1. The molecule has 1 fully saturated rings. The Labute approximate surface area is 164 Å². The van der Waals surface area contributed by atoms with Crippen molar-refractivity contribution in [3.8, 4) is 0 Å². The molecule has 2 heterocycles. The van der Waals surface area contributed by atoms with Crippen molar-refractivity contribution in [2.75, 3.05) is 19.6 Å². The first-order valence-electron chi connectivity index (χ1n) is 9.59. The van der Waals surface area contributed by atoms with Crippen LogP contribution in [0, 0.1) is 5.92 Å². The van der Waals surface area contributed by atoms with Crippen molar-refractivity contribution in [3.63, 3.8) is 0 Å². The third-order valence-corrected chi connectivity index (χ3v) is 5.44. The molecule has 2 rings (SSSR count). The molecular formula is C19H30N4O3S. The zero-order chi connectivity index (χ0) is 19.8. The van der Waals surface area contributed by atoms with Crippen molar-refractivity contribution < 1.29 is 14.4 Å². The van der Waals surface area contributed by atoms with Gasteiger partial charge in [0.2, 0.25) is 5.91 Å². The minimum atomic E-state index is -0.582. The molecule has 150 valence electrons. The van der Waals surface area contributed by atoms with Gasteiger partial charge in [-0.3, -0.25) is 9.59 Å². The van der Waals surface area contributed by atoms with Crippen LogP contribution in [0.5, 0.6) is 0 Å². The molecule has 0 radical (unpaired) electrons. The van der Waals surface area contributed by atoms with Gasteiger partial charge in [0.15, 0.2) is 0 Å². The molecule has 1 aliphatic heterocycles. The number of amides is 4. The van der Waals surface area contributed by atoms with Crippen molar-refractivity contribution >= 4 is 29.2 Å². The lowest BCUT2D eigenvalue weighted by Crippen LogP contribution is -2.54. The van der Waals surface area contributed by atoms with E-state index in [1.54, 1.807) is 11.0 Å². The molecule has 0 bridgehead atoms. The standard InChI is InChI=1S/C19H30N4O3S/c1-4-9-20-18(25)16(22-17(24)15-6-5-12-27-15)14-7-10-23(11-8-14)19(26)21-13(2)3/h5-6,12-14,16H,4,7-11H2,1-3H3,(H,20,25)(H,21,26)(H,22,24). The Bertz CT molecular complexity index is 625. The fraction of sp³-hybridized carbons (Fsp3) is 0.632. The van der Waals surface area contributed by atoms with Crippen LogP contribution in [0.1, 0.15) is 49.7 Å². The number of carbonyl (C=O) groups is 3.